The number of benzene rings is 1. The van der Waals surface area contributed by atoms with Crippen LogP contribution < -0.4 is 10.2 Å². The molecule has 0 saturated carbocycles. The fourth-order valence-corrected chi connectivity index (χ4v) is 2.59. The minimum atomic E-state index is 0.748. The second-order valence-corrected chi connectivity index (χ2v) is 5.13. The predicted molar refractivity (Wildman–Crippen MR) is 84.7 cm³/mol. The first kappa shape index (κ1) is 13.9. The highest BCUT2D eigenvalue weighted by molar-refractivity contribution is 5.55. The highest BCUT2D eigenvalue weighted by Gasteiger charge is 2.10. The Labute approximate surface area is 125 Å². The van der Waals surface area contributed by atoms with Crippen LogP contribution in [0.4, 0.5) is 11.4 Å². The standard InChI is InChI=1S/C16H22N4O/c1-2-19-8-7-17-16(19)13-18-14-3-5-15(6-4-14)20-9-11-21-12-10-20/h3-8,18H,2,9-13H2,1H3. The van der Waals surface area contributed by atoms with E-state index in [-0.39, 0.29) is 0 Å². The lowest BCUT2D eigenvalue weighted by Crippen LogP contribution is -2.36. The summed E-state index contributed by atoms with van der Waals surface area (Å²) in [7, 11) is 0. The Balaban J connectivity index is 1.59. The number of nitrogens with zero attached hydrogens (tertiary/aromatic N) is 3. The molecule has 21 heavy (non-hydrogen) atoms. The second-order valence-electron chi connectivity index (χ2n) is 5.13. The van der Waals surface area contributed by atoms with Crippen LogP contribution in [0, 0.1) is 0 Å². The molecule has 1 fully saturated rings. The van der Waals surface area contributed by atoms with Crippen LogP contribution in [0.1, 0.15) is 12.7 Å². The lowest BCUT2D eigenvalue weighted by molar-refractivity contribution is 0.122. The topological polar surface area (TPSA) is 42.3 Å². The summed E-state index contributed by atoms with van der Waals surface area (Å²) < 4.78 is 7.53. The van der Waals surface area contributed by atoms with Gasteiger partial charge in [0.1, 0.15) is 5.82 Å². The molecular formula is C16H22N4O. The summed E-state index contributed by atoms with van der Waals surface area (Å²) in [5.74, 6) is 1.06. The number of ether oxygens (including phenoxy) is 1. The van der Waals surface area contributed by atoms with Gasteiger partial charge in [0.05, 0.1) is 19.8 Å². The van der Waals surface area contributed by atoms with Crippen molar-refractivity contribution in [1.29, 1.82) is 0 Å². The first-order chi connectivity index (χ1) is 10.4. The molecule has 0 radical (unpaired) electrons. The molecule has 1 aromatic heterocycles. The SMILES string of the molecule is CCn1ccnc1CNc1ccc(N2CCOCC2)cc1. The van der Waals surface area contributed by atoms with Crippen LogP contribution in [0.5, 0.6) is 0 Å². The summed E-state index contributed by atoms with van der Waals surface area (Å²) in [5.41, 5.74) is 2.39. The normalized spacial score (nSPS) is 15.2. The van der Waals surface area contributed by atoms with E-state index in [2.05, 4.69) is 51.0 Å². The van der Waals surface area contributed by atoms with E-state index in [0.29, 0.717) is 0 Å². The minimum Gasteiger partial charge on any atom is -0.378 e. The number of rotatable bonds is 5. The summed E-state index contributed by atoms with van der Waals surface area (Å²) in [5, 5.41) is 3.43. The smallest absolute Gasteiger partial charge is 0.128 e. The van der Waals surface area contributed by atoms with Gasteiger partial charge in [-0.2, -0.15) is 0 Å². The van der Waals surface area contributed by atoms with Gasteiger partial charge in [0.25, 0.3) is 0 Å². The fourth-order valence-electron chi connectivity index (χ4n) is 2.59. The Bertz CT molecular complexity index is 558. The van der Waals surface area contributed by atoms with Gasteiger partial charge in [-0.3, -0.25) is 0 Å². The number of hydrogen-bond donors (Lipinski definition) is 1. The Hall–Kier alpha value is -2.01. The molecule has 1 saturated heterocycles. The number of aromatic nitrogens is 2. The van der Waals surface area contributed by atoms with Crippen LogP contribution >= 0.6 is 0 Å². The zero-order valence-electron chi connectivity index (χ0n) is 12.5. The van der Waals surface area contributed by atoms with Crippen LogP contribution in [-0.2, 0) is 17.8 Å². The molecule has 0 unspecified atom stereocenters. The average molecular weight is 286 g/mol. The van der Waals surface area contributed by atoms with Crippen molar-refractivity contribution in [2.75, 3.05) is 36.5 Å². The lowest BCUT2D eigenvalue weighted by Gasteiger charge is -2.28. The molecule has 2 aromatic rings. The van der Waals surface area contributed by atoms with Gasteiger partial charge in [-0.15, -0.1) is 0 Å². The van der Waals surface area contributed by atoms with Crippen LogP contribution in [-0.4, -0.2) is 35.9 Å². The molecule has 3 rings (SSSR count). The number of imidazole rings is 1. The van der Waals surface area contributed by atoms with Gasteiger partial charge < -0.3 is 19.5 Å². The summed E-state index contributed by atoms with van der Waals surface area (Å²) in [4.78, 5) is 6.73. The Morgan fingerprint density at radius 1 is 1.19 bits per heavy atom. The van der Waals surface area contributed by atoms with E-state index in [1.54, 1.807) is 0 Å². The molecule has 112 valence electrons. The maximum atomic E-state index is 5.38. The van der Waals surface area contributed by atoms with Gasteiger partial charge in [0.2, 0.25) is 0 Å². The lowest BCUT2D eigenvalue weighted by atomic mass is 10.2. The number of nitrogens with one attached hydrogen (secondary N) is 1. The summed E-state index contributed by atoms with van der Waals surface area (Å²) in [6.45, 7) is 7.41. The highest BCUT2D eigenvalue weighted by atomic mass is 16.5. The van der Waals surface area contributed by atoms with E-state index >= 15 is 0 Å². The van der Waals surface area contributed by atoms with E-state index in [4.69, 9.17) is 4.74 Å². The first-order valence-electron chi connectivity index (χ1n) is 7.53. The molecule has 1 N–H and O–H groups in total. The van der Waals surface area contributed by atoms with Crippen molar-refractivity contribution in [3.63, 3.8) is 0 Å². The van der Waals surface area contributed by atoms with Crippen LogP contribution in [0.25, 0.3) is 0 Å². The van der Waals surface area contributed by atoms with Gasteiger partial charge in [0.15, 0.2) is 0 Å². The largest absolute Gasteiger partial charge is 0.378 e. The fraction of sp³-hybridized carbons (Fsp3) is 0.438. The van der Waals surface area contributed by atoms with Gasteiger partial charge >= 0.3 is 0 Å². The van der Waals surface area contributed by atoms with E-state index in [1.165, 1.54) is 5.69 Å². The summed E-state index contributed by atoms with van der Waals surface area (Å²) in [6, 6.07) is 8.59. The molecule has 0 atom stereocenters. The number of morpholine rings is 1. The van der Waals surface area contributed by atoms with Crippen molar-refractivity contribution in [3.8, 4) is 0 Å². The van der Waals surface area contributed by atoms with Gasteiger partial charge in [-0.1, -0.05) is 0 Å². The van der Waals surface area contributed by atoms with Crippen molar-refractivity contribution in [3.05, 3.63) is 42.5 Å². The Morgan fingerprint density at radius 3 is 2.67 bits per heavy atom. The first-order valence-corrected chi connectivity index (χ1v) is 7.53. The van der Waals surface area contributed by atoms with Crippen molar-refractivity contribution in [2.45, 2.75) is 20.0 Å². The Kier molecular flexibility index (Phi) is 4.40. The maximum Gasteiger partial charge on any atom is 0.128 e. The molecule has 5 nitrogen and oxygen atoms in total. The van der Waals surface area contributed by atoms with E-state index in [1.807, 2.05) is 12.4 Å². The van der Waals surface area contributed by atoms with Gasteiger partial charge in [-0.25, -0.2) is 4.98 Å². The molecule has 2 heterocycles. The minimum absolute atomic E-state index is 0.748. The van der Waals surface area contributed by atoms with E-state index in [0.717, 1.165) is 50.9 Å². The molecule has 0 aliphatic carbocycles. The Morgan fingerprint density at radius 2 is 1.95 bits per heavy atom. The van der Waals surface area contributed by atoms with E-state index < -0.39 is 0 Å². The summed E-state index contributed by atoms with van der Waals surface area (Å²) in [6.07, 6.45) is 3.86. The van der Waals surface area contributed by atoms with Crippen molar-refractivity contribution in [2.24, 2.45) is 0 Å². The predicted octanol–water partition coefficient (Wildman–Crippen LogP) is 2.35. The summed E-state index contributed by atoms with van der Waals surface area (Å²) >= 11 is 0. The molecule has 0 spiro atoms. The van der Waals surface area contributed by atoms with Crippen molar-refractivity contribution >= 4 is 11.4 Å². The van der Waals surface area contributed by atoms with Crippen LogP contribution in [0.3, 0.4) is 0 Å². The second kappa shape index (κ2) is 6.63. The third-order valence-corrected chi connectivity index (χ3v) is 3.84. The van der Waals surface area contributed by atoms with Crippen molar-refractivity contribution in [1.82, 2.24) is 9.55 Å². The molecule has 1 aliphatic heterocycles. The number of hydrogen-bond acceptors (Lipinski definition) is 4. The molecule has 5 heteroatoms. The van der Waals surface area contributed by atoms with Gasteiger partial charge in [-0.05, 0) is 31.2 Å². The third-order valence-electron chi connectivity index (χ3n) is 3.84. The van der Waals surface area contributed by atoms with Gasteiger partial charge in [0, 0.05) is 43.4 Å². The highest BCUT2D eigenvalue weighted by Crippen LogP contribution is 2.19. The quantitative estimate of drug-likeness (QED) is 0.916. The molecule has 0 bridgehead atoms. The van der Waals surface area contributed by atoms with Crippen LogP contribution in [0.15, 0.2) is 36.7 Å². The maximum absolute atomic E-state index is 5.38. The van der Waals surface area contributed by atoms with Crippen molar-refractivity contribution < 1.29 is 4.74 Å². The molecular weight excluding hydrogens is 264 g/mol. The number of aryl methyl sites for hydroxylation is 1. The molecule has 1 aromatic carbocycles. The zero-order chi connectivity index (χ0) is 14.5. The van der Waals surface area contributed by atoms with E-state index in [9.17, 15) is 0 Å². The monoisotopic (exact) mass is 286 g/mol. The van der Waals surface area contributed by atoms with Crippen LogP contribution in [0.2, 0.25) is 0 Å². The molecule has 1 aliphatic rings. The third kappa shape index (κ3) is 3.36. The zero-order valence-corrected chi connectivity index (χ0v) is 12.5. The molecule has 0 amide bonds. The average Bonchev–Trinajstić information content (AvgIpc) is 3.02. The number of anilines is 2.